The smallest absolute Gasteiger partial charge is 0.251 e. The number of rotatable bonds is 8. The van der Waals surface area contributed by atoms with E-state index in [9.17, 15) is 14.0 Å². The molecule has 31 heavy (non-hydrogen) atoms. The number of carbonyl (C=O) groups is 2. The lowest BCUT2D eigenvalue weighted by Gasteiger charge is -2.10. The summed E-state index contributed by atoms with van der Waals surface area (Å²) in [5, 5.41) is 14.5. The molecule has 2 amide bonds. The standard InChI is InChI=1S/C22H24FN5O2S/c1-4-28-19(12-24-21(30)17-8-6-5-7-14(17)2)26-27-22(28)31-13-20(29)25-18-11-16(23)10-9-15(18)3/h5-11H,4,12-13H2,1-3H3,(H,24,30)(H,25,29). The zero-order valence-electron chi connectivity index (χ0n) is 17.6. The molecule has 1 aromatic heterocycles. The molecule has 0 radical (unpaired) electrons. The van der Waals surface area contributed by atoms with E-state index in [4.69, 9.17) is 0 Å². The summed E-state index contributed by atoms with van der Waals surface area (Å²) in [7, 11) is 0. The van der Waals surface area contributed by atoms with Gasteiger partial charge in [0, 0.05) is 17.8 Å². The summed E-state index contributed by atoms with van der Waals surface area (Å²) in [5.74, 6) is -0.143. The Balaban J connectivity index is 1.59. The number of nitrogens with zero attached hydrogens (tertiary/aromatic N) is 3. The number of aryl methyl sites for hydroxylation is 2. The van der Waals surface area contributed by atoms with Crippen molar-refractivity contribution in [3.8, 4) is 0 Å². The van der Waals surface area contributed by atoms with Crippen LogP contribution in [0.1, 0.15) is 34.2 Å². The summed E-state index contributed by atoms with van der Waals surface area (Å²) in [6.45, 7) is 6.44. The lowest BCUT2D eigenvalue weighted by atomic mass is 10.1. The average molecular weight is 442 g/mol. The quantitative estimate of drug-likeness (QED) is 0.520. The average Bonchev–Trinajstić information content (AvgIpc) is 3.15. The molecule has 2 N–H and O–H groups in total. The van der Waals surface area contributed by atoms with Crippen molar-refractivity contribution in [2.75, 3.05) is 11.1 Å². The normalized spacial score (nSPS) is 10.7. The fourth-order valence-corrected chi connectivity index (χ4v) is 3.82. The van der Waals surface area contributed by atoms with Gasteiger partial charge in [-0.2, -0.15) is 0 Å². The summed E-state index contributed by atoms with van der Waals surface area (Å²) in [5.41, 5.74) is 2.74. The SMILES string of the molecule is CCn1c(CNC(=O)c2ccccc2C)nnc1SCC(=O)Nc1cc(F)ccc1C. The van der Waals surface area contributed by atoms with Crippen LogP contribution in [0.3, 0.4) is 0 Å². The second-order valence-electron chi connectivity index (χ2n) is 6.94. The van der Waals surface area contributed by atoms with Crippen molar-refractivity contribution in [1.82, 2.24) is 20.1 Å². The predicted molar refractivity (Wildman–Crippen MR) is 119 cm³/mol. The van der Waals surface area contributed by atoms with Gasteiger partial charge in [-0.05, 0) is 50.1 Å². The van der Waals surface area contributed by atoms with Crippen molar-refractivity contribution < 1.29 is 14.0 Å². The first-order valence-corrected chi connectivity index (χ1v) is 10.8. The number of benzene rings is 2. The van der Waals surface area contributed by atoms with Crippen LogP contribution < -0.4 is 10.6 Å². The minimum atomic E-state index is -0.406. The third-order valence-electron chi connectivity index (χ3n) is 4.71. The van der Waals surface area contributed by atoms with Gasteiger partial charge in [-0.15, -0.1) is 10.2 Å². The van der Waals surface area contributed by atoms with Gasteiger partial charge in [0.15, 0.2) is 11.0 Å². The van der Waals surface area contributed by atoms with Crippen LogP contribution in [0.25, 0.3) is 0 Å². The third kappa shape index (κ3) is 5.69. The molecule has 0 bridgehead atoms. The fraction of sp³-hybridized carbons (Fsp3) is 0.273. The van der Waals surface area contributed by atoms with Gasteiger partial charge in [0.25, 0.3) is 5.91 Å². The number of nitrogens with one attached hydrogen (secondary N) is 2. The molecule has 0 saturated heterocycles. The highest BCUT2D eigenvalue weighted by Gasteiger charge is 2.15. The molecule has 0 atom stereocenters. The van der Waals surface area contributed by atoms with Crippen molar-refractivity contribution in [2.45, 2.75) is 39.0 Å². The predicted octanol–water partition coefficient (Wildman–Crippen LogP) is 3.71. The Labute approximate surface area is 184 Å². The zero-order valence-corrected chi connectivity index (χ0v) is 18.4. The monoisotopic (exact) mass is 441 g/mol. The van der Waals surface area contributed by atoms with Gasteiger partial charge >= 0.3 is 0 Å². The Morgan fingerprint density at radius 2 is 1.87 bits per heavy atom. The van der Waals surface area contributed by atoms with Crippen LogP contribution in [0, 0.1) is 19.7 Å². The van der Waals surface area contributed by atoms with Crippen LogP contribution in [0.2, 0.25) is 0 Å². The molecular formula is C22H24FN5O2S. The topological polar surface area (TPSA) is 88.9 Å². The van der Waals surface area contributed by atoms with E-state index in [2.05, 4.69) is 20.8 Å². The molecule has 0 aliphatic heterocycles. The summed E-state index contributed by atoms with van der Waals surface area (Å²) in [4.78, 5) is 24.7. The zero-order chi connectivity index (χ0) is 22.4. The van der Waals surface area contributed by atoms with Crippen LogP contribution in [0.5, 0.6) is 0 Å². The van der Waals surface area contributed by atoms with Crippen molar-refractivity contribution in [3.63, 3.8) is 0 Å². The van der Waals surface area contributed by atoms with Gasteiger partial charge in [-0.3, -0.25) is 9.59 Å². The minimum Gasteiger partial charge on any atom is -0.345 e. The molecule has 0 spiro atoms. The van der Waals surface area contributed by atoms with Gasteiger partial charge in [-0.25, -0.2) is 4.39 Å². The van der Waals surface area contributed by atoms with E-state index in [1.54, 1.807) is 19.1 Å². The highest BCUT2D eigenvalue weighted by atomic mass is 32.2. The number of anilines is 1. The van der Waals surface area contributed by atoms with Gasteiger partial charge in [0.05, 0.1) is 12.3 Å². The number of halogens is 1. The van der Waals surface area contributed by atoms with E-state index in [0.29, 0.717) is 28.8 Å². The van der Waals surface area contributed by atoms with Crippen LogP contribution >= 0.6 is 11.8 Å². The molecule has 9 heteroatoms. The third-order valence-corrected chi connectivity index (χ3v) is 5.68. The first kappa shape index (κ1) is 22.5. The Morgan fingerprint density at radius 3 is 2.61 bits per heavy atom. The van der Waals surface area contributed by atoms with Crippen molar-refractivity contribution in [1.29, 1.82) is 0 Å². The van der Waals surface area contributed by atoms with E-state index in [1.807, 2.05) is 36.6 Å². The number of thioether (sulfide) groups is 1. The Hall–Kier alpha value is -3.20. The van der Waals surface area contributed by atoms with Gasteiger partial charge in [0.2, 0.25) is 5.91 Å². The number of carbonyl (C=O) groups excluding carboxylic acids is 2. The molecule has 3 rings (SSSR count). The summed E-state index contributed by atoms with van der Waals surface area (Å²) in [6, 6.07) is 11.6. The maximum Gasteiger partial charge on any atom is 0.251 e. The summed E-state index contributed by atoms with van der Waals surface area (Å²) >= 11 is 1.23. The molecule has 0 saturated carbocycles. The van der Waals surface area contributed by atoms with E-state index >= 15 is 0 Å². The van der Waals surface area contributed by atoms with E-state index in [0.717, 1.165) is 11.1 Å². The van der Waals surface area contributed by atoms with Crippen LogP contribution in [0.15, 0.2) is 47.6 Å². The molecule has 7 nitrogen and oxygen atoms in total. The lowest BCUT2D eigenvalue weighted by Crippen LogP contribution is -2.25. The van der Waals surface area contributed by atoms with Gasteiger partial charge < -0.3 is 15.2 Å². The Bertz CT molecular complexity index is 1100. The molecule has 0 unspecified atom stereocenters. The molecule has 0 aliphatic carbocycles. The molecule has 2 aromatic carbocycles. The Morgan fingerprint density at radius 1 is 1.10 bits per heavy atom. The number of aromatic nitrogens is 3. The molecule has 3 aromatic rings. The van der Waals surface area contributed by atoms with Crippen LogP contribution in [-0.4, -0.2) is 32.3 Å². The van der Waals surface area contributed by atoms with Crippen molar-refractivity contribution in [3.05, 3.63) is 70.8 Å². The second kappa shape index (κ2) is 10.2. The molecule has 0 aliphatic rings. The lowest BCUT2D eigenvalue weighted by molar-refractivity contribution is -0.113. The molecule has 0 fully saturated rings. The number of hydrogen-bond acceptors (Lipinski definition) is 5. The summed E-state index contributed by atoms with van der Waals surface area (Å²) in [6.07, 6.45) is 0. The first-order valence-electron chi connectivity index (χ1n) is 9.83. The second-order valence-corrected chi connectivity index (χ2v) is 7.88. The van der Waals surface area contributed by atoms with E-state index < -0.39 is 5.82 Å². The fourth-order valence-electron chi connectivity index (χ4n) is 3.00. The van der Waals surface area contributed by atoms with E-state index in [1.165, 1.54) is 23.9 Å². The molecule has 162 valence electrons. The summed E-state index contributed by atoms with van der Waals surface area (Å²) < 4.78 is 15.3. The van der Waals surface area contributed by atoms with E-state index in [-0.39, 0.29) is 24.1 Å². The maximum atomic E-state index is 13.4. The van der Waals surface area contributed by atoms with Gasteiger partial charge in [0.1, 0.15) is 5.82 Å². The van der Waals surface area contributed by atoms with Gasteiger partial charge in [-0.1, -0.05) is 36.0 Å². The number of amides is 2. The molecule has 1 heterocycles. The Kier molecular flexibility index (Phi) is 7.41. The first-order chi connectivity index (χ1) is 14.9. The molecular weight excluding hydrogens is 417 g/mol. The highest BCUT2D eigenvalue weighted by Crippen LogP contribution is 2.20. The maximum absolute atomic E-state index is 13.4. The van der Waals surface area contributed by atoms with Crippen molar-refractivity contribution >= 4 is 29.3 Å². The largest absolute Gasteiger partial charge is 0.345 e. The minimum absolute atomic E-state index is 0.101. The van der Waals surface area contributed by atoms with Crippen LogP contribution in [-0.2, 0) is 17.9 Å². The number of hydrogen-bond donors (Lipinski definition) is 2. The highest BCUT2D eigenvalue weighted by molar-refractivity contribution is 7.99. The van der Waals surface area contributed by atoms with Crippen LogP contribution in [0.4, 0.5) is 10.1 Å². The van der Waals surface area contributed by atoms with Crippen molar-refractivity contribution in [2.24, 2.45) is 0 Å².